The lowest BCUT2D eigenvalue weighted by Crippen LogP contribution is -2.12. The maximum atomic E-state index is 10.8. The molecular formula is C12H13N3O2. The van der Waals surface area contributed by atoms with E-state index in [0.717, 1.165) is 11.3 Å². The highest BCUT2D eigenvalue weighted by Crippen LogP contribution is 2.13. The number of hydrogen-bond donors (Lipinski definition) is 1. The van der Waals surface area contributed by atoms with E-state index in [9.17, 15) is 4.79 Å². The number of benzene rings is 1. The number of carboxylic acid groups (broad SMARTS) is 1. The fraction of sp³-hybridized carbons (Fsp3) is 0.250. The predicted octanol–water partition coefficient (Wildman–Crippen LogP) is 1.53. The molecule has 0 saturated carbocycles. The van der Waals surface area contributed by atoms with Crippen molar-refractivity contribution in [3.8, 4) is 5.69 Å². The van der Waals surface area contributed by atoms with Gasteiger partial charge in [-0.15, -0.1) is 0 Å². The van der Waals surface area contributed by atoms with Crippen LogP contribution >= 0.6 is 0 Å². The van der Waals surface area contributed by atoms with Crippen LogP contribution in [0.5, 0.6) is 0 Å². The number of aromatic nitrogens is 3. The van der Waals surface area contributed by atoms with Gasteiger partial charge in [0.05, 0.1) is 11.6 Å². The molecule has 5 nitrogen and oxygen atoms in total. The largest absolute Gasteiger partial charge is 0.481 e. The number of carbonyl (C=O) groups is 1. The van der Waals surface area contributed by atoms with Gasteiger partial charge < -0.3 is 5.11 Å². The highest BCUT2D eigenvalue weighted by atomic mass is 16.4. The van der Waals surface area contributed by atoms with Gasteiger partial charge in [-0.3, -0.25) is 4.79 Å². The van der Waals surface area contributed by atoms with Crippen LogP contribution in [0.3, 0.4) is 0 Å². The minimum absolute atomic E-state index is 0.388. The van der Waals surface area contributed by atoms with Crippen LogP contribution in [-0.2, 0) is 11.2 Å². The van der Waals surface area contributed by atoms with Crippen LogP contribution < -0.4 is 0 Å². The summed E-state index contributed by atoms with van der Waals surface area (Å²) in [5.74, 6) is -1.17. The van der Waals surface area contributed by atoms with Gasteiger partial charge in [-0.05, 0) is 24.1 Å². The molecule has 0 bridgehead atoms. The molecule has 1 N–H and O–H groups in total. The summed E-state index contributed by atoms with van der Waals surface area (Å²) >= 11 is 0. The van der Waals surface area contributed by atoms with E-state index < -0.39 is 5.97 Å². The van der Waals surface area contributed by atoms with E-state index in [1.165, 1.54) is 6.33 Å². The Hall–Kier alpha value is -2.17. The summed E-state index contributed by atoms with van der Waals surface area (Å²) in [7, 11) is 0. The van der Waals surface area contributed by atoms with Crippen LogP contribution in [-0.4, -0.2) is 25.8 Å². The molecule has 0 aliphatic heterocycles. The molecule has 0 fully saturated rings. The molecule has 5 heteroatoms. The zero-order valence-corrected chi connectivity index (χ0v) is 9.45. The highest BCUT2D eigenvalue weighted by Gasteiger charge is 2.11. The van der Waals surface area contributed by atoms with Gasteiger partial charge in [0, 0.05) is 0 Å². The summed E-state index contributed by atoms with van der Waals surface area (Å²) in [4.78, 5) is 14.7. The number of carboxylic acids is 1. The minimum atomic E-state index is -0.781. The molecule has 1 heterocycles. The third kappa shape index (κ3) is 2.69. The molecule has 0 saturated heterocycles. The Morgan fingerprint density at radius 1 is 1.53 bits per heavy atom. The van der Waals surface area contributed by atoms with Crippen LogP contribution in [0.1, 0.15) is 12.5 Å². The fourth-order valence-corrected chi connectivity index (χ4v) is 1.61. The molecule has 1 aromatic carbocycles. The zero-order chi connectivity index (χ0) is 12.3. The van der Waals surface area contributed by atoms with Gasteiger partial charge in [0.25, 0.3) is 0 Å². The Kier molecular flexibility index (Phi) is 3.18. The predicted molar refractivity (Wildman–Crippen MR) is 61.9 cm³/mol. The molecular weight excluding hydrogens is 218 g/mol. The summed E-state index contributed by atoms with van der Waals surface area (Å²) < 4.78 is 1.65. The lowest BCUT2D eigenvalue weighted by Gasteiger charge is -2.07. The third-order valence-corrected chi connectivity index (χ3v) is 2.56. The van der Waals surface area contributed by atoms with Gasteiger partial charge in [-0.1, -0.05) is 19.1 Å². The Morgan fingerprint density at radius 3 is 3.00 bits per heavy atom. The maximum Gasteiger partial charge on any atom is 0.306 e. The smallest absolute Gasteiger partial charge is 0.306 e. The van der Waals surface area contributed by atoms with Crippen molar-refractivity contribution in [3.63, 3.8) is 0 Å². The van der Waals surface area contributed by atoms with Gasteiger partial charge in [-0.2, -0.15) is 5.10 Å². The van der Waals surface area contributed by atoms with Crippen LogP contribution in [0, 0.1) is 5.92 Å². The molecule has 2 aromatic rings. The molecule has 0 aliphatic rings. The lowest BCUT2D eigenvalue weighted by atomic mass is 10.0. The first kappa shape index (κ1) is 11.3. The molecule has 0 aliphatic carbocycles. The zero-order valence-electron chi connectivity index (χ0n) is 9.45. The summed E-state index contributed by atoms with van der Waals surface area (Å²) in [5, 5.41) is 12.9. The Labute approximate surface area is 98.7 Å². The summed E-state index contributed by atoms with van der Waals surface area (Å²) in [6.07, 6.45) is 3.59. The second kappa shape index (κ2) is 4.78. The van der Waals surface area contributed by atoms with E-state index in [2.05, 4.69) is 10.1 Å². The number of nitrogens with zero attached hydrogens (tertiary/aromatic N) is 3. The molecule has 0 radical (unpaired) electrons. The molecule has 1 aromatic heterocycles. The Balaban J connectivity index is 2.20. The molecule has 2 rings (SSSR count). The van der Waals surface area contributed by atoms with Gasteiger partial charge in [0.2, 0.25) is 0 Å². The van der Waals surface area contributed by atoms with Gasteiger partial charge in [0.15, 0.2) is 0 Å². The first-order valence-electron chi connectivity index (χ1n) is 5.33. The molecule has 1 atom stereocenters. The van der Waals surface area contributed by atoms with Crippen LogP contribution in [0.25, 0.3) is 5.69 Å². The molecule has 88 valence electrons. The van der Waals surface area contributed by atoms with Crippen molar-refractivity contribution in [2.24, 2.45) is 5.92 Å². The SMILES string of the molecule is CC(Cc1cccc(-n2cncn2)c1)C(=O)O. The Morgan fingerprint density at radius 2 is 2.35 bits per heavy atom. The second-order valence-electron chi connectivity index (χ2n) is 3.95. The maximum absolute atomic E-state index is 10.8. The third-order valence-electron chi connectivity index (χ3n) is 2.56. The van der Waals surface area contributed by atoms with Crippen LogP contribution in [0.2, 0.25) is 0 Å². The van der Waals surface area contributed by atoms with Crippen molar-refractivity contribution in [1.29, 1.82) is 0 Å². The first-order valence-corrected chi connectivity index (χ1v) is 5.33. The first-order chi connectivity index (χ1) is 8.16. The molecule has 1 unspecified atom stereocenters. The average Bonchev–Trinajstić information content (AvgIpc) is 2.82. The second-order valence-corrected chi connectivity index (χ2v) is 3.95. The molecule has 0 amide bonds. The highest BCUT2D eigenvalue weighted by molar-refractivity contribution is 5.69. The standard InChI is InChI=1S/C12H13N3O2/c1-9(12(16)17)5-10-3-2-4-11(6-10)15-8-13-7-14-15/h2-4,6-9H,5H2,1H3,(H,16,17). The summed E-state index contributed by atoms with van der Waals surface area (Å²) in [6, 6.07) is 7.64. The van der Waals surface area contributed by atoms with Crippen molar-refractivity contribution in [3.05, 3.63) is 42.5 Å². The van der Waals surface area contributed by atoms with Crippen LogP contribution in [0.4, 0.5) is 0 Å². The molecule has 0 spiro atoms. The Bertz CT molecular complexity index is 508. The summed E-state index contributed by atoms with van der Waals surface area (Å²) in [5.41, 5.74) is 1.87. The van der Waals surface area contributed by atoms with E-state index in [4.69, 9.17) is 5.11 Å². The quantitative estimate of drug-likeness (QED) is 0.866. The number of rotatable bonds is 4. The normalized spacial score (nSPS) is 12.3. The molecule has 17 heavy (non-hydrogen) atoms. The van der Waals surface area contributed by atoms with E-state index in [1.54, 1.807) is 17.9 Å². The van der Waals surface area contributed by atoms with Crippen molar-refractivity contribution in [1.82, 2.24) is 14.8 Å². The van der Waals surface area contributed by atoms with Crippen molar-refractivity contribution >= 4 is 5.97 Å². The van der Waals surface area contributed by atoms with E-state index in [-0.39, 0.29) is 5.92 Å². The summed E-state index contributed by atoms with van der Waals surface area (Å²) in [6.45, 7) is 1.70. The van der Waals surface area contributed by atoms with E-state index in [0.29, 0.717) is 6.42 Å². The number of aliphatic carboxylic acids is 1. The van der Waals surface area contributed by atoms with Gasteiger partial charge in [-0.25, -0.2) is 9.67 Å². The van der Waals surface area contributed by atoms with E-state index in [1.807, 2.05) is 24.3 Å². The van der Waals surface area contributed by atoms with E-state index >= 15 is 0 Å². The lowest BCUT2D eigenvalue weighted by molar-refractivity contribution is -0.141. The van der Waals surface area contributed by atoms with Crippen molar-refractivity contribution in [2.45, 2.75) is 13.3 Å². The minimum Gasteiger partial charge on any atom is -0.481 e. The van der Waals surface area contributed by atoms with Gasteiger partial charge >= 0.3 is 5.97 Å². The van der Waals surface area contributed by atoms with Crippen LogP contribution in [0.15, 0.2) is 36.9 Å². The fourth-order valence-electron chi connectivity index (χ4n) is 1.61. The van der Waals surface area contributed by atoms with Crippen molar-refractivity contribution < 1.29 is 9.90 Å². The number of hydrogen-bond acceptors (Lipinski definition) is 3. The van der Waals surface area contributed by atoms with Crippen molar-refractivity contribution in [2.75, 3.05) is 0 Å². The monoisotopic (exact) mass is 231 g/mol. The average molecular weight is 231 g/mol. The van der Waals surface area contributed by atoms with Gasteiger partial charge in [0.1, 0.15) is 12.7 Å². The topological polar surface area (TPSA) is 68.0 Å².